The number of nitrogens with zero attached hydrogens (tertiary/aromatic N) is 3. The lowest BCUT2D eigenvalue weighted by Gasteiger charge is -2.29. The van der Waals surface area contributed by atoms with Gasteiger partial charge in [0.15, 0.2) is 5.65 Å². The normalized spacial score (nSPS) is 22.5. The fourth-order valence-corrected chi connectivity index (χ4v) is 3.52. The van der Waals surface area contributed by atoms with Crippen LogP contribution in [-0.4, -0.2) is 59.0 Å². The summed E-state index contributed by atoms with van der Waals surface area (Å²) in [5.41, 5.74) is 1.42. The number of likely N-dealkylation sites (N-methyl/N-ethyl adjacent to an activating group) is 1. The first-order valence-corrected chi connectivity index (χ1v) is 10.2. The number of rotatable bonds is 6. The van der Waals surface area contributed by atoms with Crippen molar-refractivity contribution in [2.45, 2.75) is 58.2 Å². The molecule has 1 aliphatic heterocycles. The lowest BCUT2D eigenvalue weighted by molar-refractivity contribution is -0.827. The summed E-state index contributed by atoms with van der Waals surface area (Å²) in [6.07, 6.45) is 5.57. The number of hydrogen-bond donors (Lipinski definition) is 0. The lowest BCUT2D eigenvalue weighted by atomic mass is 10.1. The molecule has 1 aliphatic rings. The molecule has 2 aromatic rings. The Bertz CT molecular complexity index is 818. The largest absolute Gasteiger partial charge is 0.516 e. The Kier molecular flexibility index (Phi) is 6.30. The SMILES string of the molecule is CC(C)(C)OC(=O)[N+]1(C)CC[C@@H](OCCCCc2ccc3cccnc3n2)C1. The average Bonchev–Trinajstić information content (AvgIpc) is 3.02. The monoisotopic (exact) mass is 386 g/mol. The molecule has 0 aliphatic carbocycles. The summed E-state index contributed by atoms with van der Waals surface area (Å²) in [4.78, 5) is 21.4. The molecule has 0 radical (unpaired) electrons. The van der Waals surface area contributed by atoms with Gasteiger partial charge in [-0.3, -0.25) is 0 Å². The molecule has 3 rings (SSSR count). The molecule has 0 saturated carbocycles. The van der Waals surface area contributed by atoms with Crippen LogP contribution in [0.4, 0.5) is 4.79 Å². The summed E-state index contributed by atoms with van der Waals surface area (Å²) in [5.74, 6) is 0. The Hall–Kier alpha value is -2.05. The second-order valence-corrected chi connectivity index (χ2v) is 8.87. The van der Waals surface area contributed by atoms with Gasteiger partial charge in [0.2, 0.25) is 0 Å². The third kappa shape index (κ3) is 5.49. The first-order chi connectivity index (χ1) is 13.3. The minimum atomic E-state index is -0.455. The maximum Gasteiger partial charge on any atom is 0.516 e. The number of carbonyl (C=O) groups excluding carboxylic acids is 1. The van der Waals surface area contributed by atoms with Gasteiger partial charge in [-0.2, -0.15) is 4.79 Å². The number of fused-ring (bicyclic) bond motifs is 1. The molecule has 3 heterocycles. The summed E-state index contributed by atoms with van der Waals surface area (Å²) < 4.78 is 11.9. The van der Waals surface area contributed by atoms with Crippen LogP contribution in [0.5, 0.6) is 0 Å². The highest BCUT2D eigenvalue weighted by atomic mass is 16.6. The molecule has 1 saturated heterocycles. The third-order valence-electron chi connectivity index (χ3n) is 5.09. The van der Waals surface area contributed by atoms with Crippen LogP contribution in [0.1, 0.15) is 45.7 Å². The van der Waals surface area contributed by atoms with Crippen molar-refractivity contribution in [3.8, 4) is 0 Å². The second-order valence-electron chi connectivity index (χ2n) is 8.87. The van der Waals surface area contributed by atoms with E-state index in [4.69, 9.17) is 9.47 Å². The van der Waals surface area contributed by atoms with Gasteiger partial charge >= 0.3 is 6.09 Å². The number of pyridine rings is 2. The van der Waals surface area contributed by atoms with Gasteiger partial charge in [-0.05, 0) is 64.3 Å². The number of carbonyl (C=O) groups is 1. The number of unbranched alkanes of at least 4 members (excludes halogenated alkanes) is 1. The summed E-state index contributed by atoms with van der Waals surface area (Å²) >= 11 is 0. The van der Waals surface area contributed by atoms with Crippen molar-refractivity contribution in [2.24, 2.45) is 0 Å². The molecule has 2 aromatic heterocycles. The van der Waals surface area contributed by atoms with Crippen molar-refractivity contribution < 1.29 is 18.8 Å². The van der Waals surface area contributed by atoms with Crippen molar-refractivity contribution in [1.29, 1.82) is 0 Å². The van der Waals surface area contributed by atoms with E-state index >= 15 is 0 Å². The van der Waals surface area contributed by atoms with Gasteiger partial charge in [0.25, 0.3) is 0 Å². The van der Waals surface area contributed by atoms with E-state index in [0.717, 1.165) is 49.0 Å². The molecule has 0 aromatic carbocycles. The number of aromatic nitrogens is 2. The van der Waals surface area contributed by atoms with Crippen LogP contribution in [0, 0.1) is 0 Å². The van der Waals surface area contributed by atoms with Crippen LogP contribution < -0.4 is 0 Å². The van der Waals surface area contributed by atoms with Crippen molar-refractivity contribution >= 4 is 17.1 Å². The molecule has 1 fully saturated rings. The second kappa shape index (κ2) is 8.53. The number of amides is 1. The van der Waals surface area contributed by atoms with Crippen LogP contribution in [-0.2, 0) is 15.9 Å². The Morgan fingerprint density at radius 3 is 2.86 bits per heavy atom. The zero-order chi connectivity index (χ0) is 20.2. The summed E-state index contributed by atoms with van der Waals surface area (Å²) in [7, 11) is 1.94. The Morgan fingerprint density at radius 1 is 1.25 bits per heavy atom. The predicted octanol–water partition coefficient (Wildman–Crippen LogP) is 4.12. The van der Waals surface area contributed by atoms with E-state index in [-0.39, 0.29) is 12.2 Å². The van der Waals surface area contributed by atoms with Crippen molar-refractivity contribution in [2.75, 3.05) is 26.7 Å². The van der Waals surface area contributed by atoms with E-state index in [1.165, 1.54) is 0 Å². The molecular formula is C22H32N3O3+. The van der Waals surface area contributed by atoms with Crippen molar-refractivity contribution in [3.63, 3.8) is 0 Å². The Labute approximate surface area is 167 Å². The quantitative estimate of drug-likeness (QED) is 0.552. The minimum Gasteiger partial charge on any atom is -0.414 e. The highest BCUT2D eigenvalue weighted by Crippen LogP contribution is 2.24. The summed E-state index contributed by atoms with van der Waals surface area (Å²) in [5, 5.41) is 1.07. The van der Waals surface area contributed by atoms with E-state index in [0.29, 0.717) is 17.6 Å². The maximum atomic E-state index is 12.4. The molecule has 6 heteroatoms. The van der Waals surface area contributed by atoms with E-state index in [1.54, 1.807) is 6.20 Å². The van der Waals surface area contributed by atoms with Crippen molar-refractivity contribution in [1.82, 2.24) is 9.97 Å². The molecule has 0 N–H and O–H groups in total. The molecule has 152 valence electrons. The summed E-state index contributed by atoms with van der Waals surface area (Å²) in [6.45, 7) is 7.88. The number of quaternary nitrogens is 1. The van der Waals surface area contributed by atoms with Crippen LogP contribution in [0.25, 0.3) is 11.0 Å². The fraction of sp³-hybridized carbons (Fsp3) is 0.591. The Balaban J connectivity index is 1.38. The molecular weight excluding hydrogens is 354 g/mol. The lowest BCUT2D eigenvalue weighted by Crippen LogP contribution is -2.50. The maximum absolute atomic E-state index is 12.4. The third-order valence-corrected chi connectivity index (χ3v) is 5.09. The van der Waals surface area contributed by atoms with Gasteiger partial charge in [0.05, 0.1) is 13.6 Å². The van der Waals surface area contributed by atoms with Gasteiger partial charge in [-0.1, -0.05) is 0 Å². The smallest absolute Gasteiger partial charge is 0.414 e. The molecule has 1 amide bonds. The highest BCUT2D eigenvalue weighted by molar-refractivity contribution is 5.74. The van der Waals surface area contributed by atoms with Crippen LogP contribution >= 0.6 is 0 Å². The first kappa shape index (κ1) is 20.7. The van der Waals surface area contributed by atoms with Crippen molar-refractivity contribution in [3.05, 3.63) is 36.2 Å². The zero-order valence-corrected chi connectivity index (χ0v) is 17.5. The van der Waals surface area contributed by atoms with E-state index in [9.17, 15) is 4.79 Å². The minimum absolute atomic E-state index is 0.125. The first-order valence-electron chi connectivity index (χ1n) is 10.2. The molecule has 2 atom stereocenters. The number of aryl methyl sites for hydroxylation is 1. The standard InChI is InChI=1S/C22H32N3O3/c1-22(2,3)28-21(26)25(4)14-12-19(16-25)27-15-6-5-9-18-11-10-17-8-7-13-23-20(17)24-18/h7-8,10-11,13,19H,5-6,9,12,14-16H2,1-4H3/q+1/t19-,25?/m1/s1. The van der Waals surface area contributed by atoms with Crippen LogP contribution in [0.2, 0.25) is 0 Å². The van der Waals surface area contributed by atoms with Gasteiger partial charge in [-0.15, -0.1) is 0 Å². The number of hydrogen-bond acceptors (Lipinski definition) is 5. The zero-order valence-electron chi connectivity index (χ0n) is 17.5. The Morgan fingerprint density at radius 2 is 2.07 bits per heavy atom. The fourth-order valence-electron chi connectivity index (χ4n) is 3.52. The van der Waals surface area contributed by atoms with Gasteiger partial charge in [-0.25, -0.2) is 14.5 Å². The predicted molar refractivity (Wildman–Crippen MR) is 109 cm³/mol. The summed E-state index contributed by atoms with van der Waals surface area (Å²) in [6, 6.07) is 8.11. The van der Waals surface area contributed by atoms with Crippen LogP contribution in [0.15, 0.2) is 30.5 Å². The molecule has 6 nitrogen and oxygen atoms in total. The molecule has 0 spiro atoms. The number of ether oxygens (including phenoxy) is 2. The van der Waals surface area contributed by atoms with Gasteiger partial charge in [0, 0.05) is 30.3 Å². The van der Waals surface area contributed by atoms with Gasteiger partial charge < -0.3 is 9.47 Å². The topological polar surface area (TPSA) is 61.3 Å². The molecule has 0 bridgehead atoms. The van der Waals surface area contributed by atoms with E-state index in [2.05, 4.69) is 22.1 Å². The number of likely N-dealkylation sites (tertiary alicyclic amines) is 1. The van der Waals surface area contributed by atoms with E-state index < -0.39 is 5.60 Å². The van der Waals surface area contributed by atoms with Gasteiger partial charge in [0.1, 0.15) is 18.2 Å². The highest BCUT2D eigenvalue weighted by Gasteiger charge is 2.44. The average molecular weight is 387 g/mol. The molecule has 28 heavy (non-hydrogen) atoms. The molecule has 1 unspecified atom stereocenters. The van der Waals surface area contributed by atoms with E-state index in [1.807, 2.05) is 40.0 Å². The van der Waals surface area contributed by atoms with Crippen LogP contribution in [0.3, 0.4) is 0 Å².